The van der Waals surface area contributed by atoms with Crippen molar-refractivity contribution in [3.63, 3.8) is 0 Å². The lowest BCUT2D eigenvalue weighted by Gasteiger charge is -2.41. The summed E-state index contributed by atoms with van der Waals surface area (Å²) in [6.07, 6.45) is 7.34. The van der Waals surface area contributed by atoms with Gasteiger partial charge in [-0.25, -0.2) is 0 Å². The highest BCUT2D eigenvalue weighted by atomic mass is 16.7. The molecule has 6 heteroatoms. The van der Waals surface area contributed by atoms with Crippen LogP contribution in [0.1, 0.15) is 68.1 Å². The van der Waals surface area contributed by atoms with Gasteiger partial charge in [-0.1, -0.05) is 123 Å². The molecule has 3 aromatic carbocycles. The van der Waals surface area contributed by atoms with Crippen LogP contribution in [-0.2, 0) is 48.3 Å². The molecule has 0 amide bonds. The standard InChI is InChI=1S/C37H46O6/c1-2-3-4-5-6-7-8-18-25-34(38)43-37-36(41-28-32-23-16-11-17-24-32)35(40-27-31-21-14-10-15-22-31)33(29-42-37)39-26-30-19-12-9-13-20-30/h2,9-17,19-24,33,35-37H,1,3-8,18,25-29H2/t33-,35+,36-,37-/m1/s1. The summed E-state index contributed by atoms with van der Waals surface area (Å²) >= 11 is 0. The third-order valence-corrected chi connectivity index (χ3v) is 7.55. The summed E-state index contributed by atoms with van der Waals surface area (Å²) in [5.74, 6) is -0.282. The molecular formula is C37H46O6. The van der Waals surface area contributed by atoms with Crippen LogP contribution >= 0.6 is 0 Å². The van der Waals surface area contributed by atoms with Gasteiger partial charge >= 0.3 is 5.97 Å². The Labute approximate surface area is 257 Å². The van der Waals surface area contributed by atoms with Gasteiger partial charge in [0, 0.05) is 6.42 Å². The molecule has 0 N–H and O–H groups in total. The monoisotopic (exact) mass is 586 g/mol. The molecule has 230 valence electrons. The molecule has 1 saturated heterocycles. The van der Waals surface area contributed by atoms with E-state index in [4.69, 9.17) is 23.7 Å². The van der Waals surface area contributed by atoms with Crippen molar-refractivity contribution in [2.24, 2.45) is 0 Å². The summed E-state index contributed by atoms with van der Waals surface area (Å²) in [6, 6.07) is 29.9. The third kappa shape index (κ3) is 11.7. The number of esters is 1. The van der Waals surface area contributed by atoms with E-state index >= 15 is 0 Å². The molecule has 0 unspecified atom stereocenters. The molecule has 1 heterocycles. The van der Waals surface area contributed by atoms with Crippen LogP contribution in [0.15, 0.2) is 104 Å². The maximum atomic E-state index is 12.9. The number of hydrogen-bond donors (Lipinski definition) is 0. The topological polar surface area (TPSA) is 63.2 Å². The van der Waals surface area contributed by atoms with Crippen LogP contribution in [0, 0.1) is 0 Å². The predicted octanol–water partition coefficient (Wildman–Crippen LogP) is 7.95. The number of unbranched alkanes of at least 4 members (excludes halogenated alkanes) is 6. The molecule has 4 atom stereocenters. The van der Waals surface area contributed by atoms with Crippen molar-refractivity contribution in [2.75, 3.05) is 6.61 Å². The summed E-state index contributed by atoms with van der Waals surface area (Å²) < 4.78 is 31.4. The van der Waals surface area contributed by atoms with Gasteiger partial charge in [0.25, 0.3) is 0 Å². The first-order valence-corrected chi connectivity index (χ1v) is 15.6. The van der Waals surface area contributed by atoms with Crippen LogP contribution in [0.3, 0.4) is 0 Å². The van der Waals surface area contributed by atoms with Crippen LogP contribution in [-0.4, -0.2) is 37.2 Å². The van der Waals surface area contributed by atoms with E-state index in [1.54, 1.807) is 0 Å². The molecule has 1 aliphatic rings. The fourth-order valence-electron chi connectivity index (χ4n) is 5.13. The zero-order valence-electron chi connectivity index (χ0n) is 25.2. The van der Waals surface area contributed by atoms with Gasteiger partial charge in [-0.3, -0.25) is 4.79 Å². The molecule has 3 aromatic rings. The van der Waals surface area contributed by atoms with Gasteiger partial charge in [0.2, 0.25) is 6.29 Å². The fraction of sp³-hybridized carbons (Fsp3) is 0.432. The maximum absolute atomic E-state index is 12.9. The Morgan fingerprint density at radius 1 is 0.674 bits per heavy atom. The molecule has 0 aliphatic carbocycles. The Balaban J connectivity index is 1.41. The first kappa shape index (κ1) is 32.6. The Bertz CT molecular complexity index is 1170. The van der Waals surface area contributed by atoms with E-state index in [0.29, 0.717) is 26.2 Å². The molecule has 0 spiro atoms. The minimum atomic E-state index is -0.896. The van der Waals surface area contributed by atoms with Gasteiger partial charge in [-0.2, -0.15) is 0 Å². The van der Waals surface area contributed by atoms with E-state index in [1.807, 2.05) is 97.1 Å². The van der Waals surface area contributed by atoms with Crippen molar-refractivity contribution >= 4 is 5.97 Å². The Hall–Kier alpha value is -3.29. The van der Waals surface area contributed by atoms with Gasteiger partial charge in [0.15, 0.2) is 0 Å². The molecule has 6 nitrogen and oxygen atoms in total. The maximum Gasteiger partial charge on any atom is 0.308 e. The number of hydrogen-bond acceptors (Lipinski definition) is 6. The van der Waals surface area contributed by atoms with Gasteiger partial charge in [0.05, 0.1) is 26.4 Å². The molecule has 43 heavy (non-hydrogen) atoms. The number of carbonyl (C=O) groups excluding carboxylic acids is 1. The van der Waals surface area contributed by atoms with Crippen molar-refractivity contribution in [1.29, 1.82) is 0 Å². The largest absolute Gasteiger partial charge is 0.433 e. The van der Waals surface area contributed by atoms with Crippen LogP contribution in [0.25, 0.3) is 0 Å². The van der Waals surface area contributed by atoms with E-state index < -0.39 is 24.6 Å². The Kier molecular flexibility index (Phi) is 14.5. The minimum absolute atomic E-state index is 0.222. The van der Waals surface area contributed by atoms with Crippen LogP contribution in [0.4, 0.5) is 0 Å². The highest BCUT2D eigenvalue weighted by molar-refractivity contribution is 5.69. The number of allylic oxidation sites excluding steroid dienone is 1. The predicted molar refractivity (Wildman–Crippen MR) is 168 cm³/mol. The lowest BCUT2D eigenvalue weighted by Crippen LogP contribution is -2.57. The first-order chi connectivity index (χ1) is 21.2. The SMILES string of the molecule is C=CCCCCCCCCC(=O)O[C@H]1OC[C@@H](OCc2ccccc2)[C@H](OCc2ccccc2)[C@H]1OCc1ccccc1. The molecule has 0 radical (unpaired) electrons. The molecule has 0 saturated carbocycles. The fourth-order valence-corrected chi connectivity index (χ4v) is 5.13. The molecule has 1 aliphatic heterocycles. The summed E-state index contributed by atoms with van der Waals surface area (Å²) in [5.41, 5.74) is 3.10. The molecule has 0 bridgehead atoms. The van der Waals surface area contributed by atoms with E-state index in [2.05, 4.69) is 6.58 Å². The van der Waals surface area contributed by atoms with Crippen molar-refractivity contribution in [3.8, 4) is 0 Å². The van der Waals surface area contributed by atoms with E-state index in [0.717, 1.165) is 42.4 Å². The molecule has 0 aromatic heterocycles. The van der Waals surface area contributed by atoms with Gasteiger partial charge in [0.1, 0.15) is 18.3 Å². The quantitative estimate of drug-likeness (QED) is 0.0807. The average Bonchev–Trinajstić information content (AvgIpc) is 3.05. The number of benzene rings is 3. The van der Waals surface area contributed by atoms with Gasteiger partial charge < -0.3 is 23.7 Å². The number of carbonyl (C=O) groups is 1. The average molecular weight is 587 g/mol. The van der Waals surface area contributed by atoms with Crippen molar-refractivity contribution < 1.29 is 28.5 Å². The van der Waals surface area contributed by atoms with Gasteiger partial charge in [-0.15, -0.1) is 6.58 Å². The van der Waals surface area contributed by atoms with Crippen molar-refractivity contribution in [2.45, 2.75) is 95.8 Å². The number of rotatable bonds is 19. The lowest BCUT2D eigenvalue weighted by atomic mass is 10.0. The smallest absolute Gasteiger partial charge is 0.308 e. The zero-order chi connectivity index (χ0) is 30.0. The highest BCUT2D eigenvalue weighted by Gasteiger charge is 2.45. The second kappa shape index (κ2) is 19.1. The van der Waals surface area contributed by atoms with E-state index in [1.165, 1.54) is 19.3 Å². The normalized spacial score (nSPS) is 20.0. The Morgan fingerprint density at radius 3 is 1.72 bits per heavy atom. The molecule has 4 rings (SSSR count). The van der Waals surface area contributed by atoms with Gasteiger partial charge in [-0.05, 0) is 36.0 Å². The van der Waals surface area contributed by atoms with Crippen LogP contribution in [0.2, 0.25) is 0 Å². The number of ether oxygens (including phenoxy) is 5. The molecule has 1 fully saturated rings. The first-order valence-electron chi connectivity index (χ1n) is 15.6. The summed E-state index contributed by atoms with van der Waals surface area (Å²) in [6.45, 7) is 5.10. The van der Waals surface area contributed by atoms with E-state index in [-0.39, 0.29) is 12.6 Å². The summed E-state index contributed by atoms with van der Waals surface area (Å²) in [4.78, 5) is 12.9. The van der Waals surface area contributed by atoms with E-state index in [9.17, 15) is 4.79 Å². The molecular weight excluding hydrogens is 540 g/mol. The summed E-state index contributed by atoms with van der Waals surface area (Å²) in [7, 11) is 0. The lowest BCUT2D eigenvalue weighted by molar-refractivity contribution is -0.292. The second-order valence-electron chi connectivity index (χ2n) is 11.0. The van der Waals surface area contributed by atoms with Crippen molar-refractivity contribution in [1.82, 2.24) is 0 Å². The highest BCUT2D eigenvalue weighted by Crippen LogP contribution is 2.28. The van der Waals surface area contributed by atoms with Crippen LogP contribution < -0.4 is 0 Å². The minimum Gasteiger partial charge on any atom is -0.433 e. The summed E-state index contributed by atoms with van der Waals surface area (Å²) in [5, 5.41) is 0. The van der Waals surface area contributed by atoms with Crippen LogP contribution in [0.5, 0.6) is 0 Å². The second-order valence-corrected chi connectivity index (χ2v) is 11.0. The zero-order valence-corrected chi connectivity index (χ0v) is 25.2. The third-order valence-electron chi connectivity index (χ3n) is 7.55. The Morgan fingerprint density at radius 2 is 1.16 bits per heavy atom. The van der Waals surface area contributed by atoms with Crippen molar-refractivity contribution in [3.05, 3.63) is 120 Å².